The van der Waals surface area contributed by atoms with E-state index in [4.69, 9.17) is 9.73 Å². The van der Waals surface area contributed by atoms with Crippen molar-refractivity contribution in [2.24, 2.45) is 4.99 Å². The Kier molecular flexibility index (Phi) is 6.37. The summed E-state index contributed by atoms with van der Waals surface area (Å²) in [6.07, 6.45) is 1.81. The number of hydrogen-bond donors (Lipinski definition) is 1. The van der Waals surface area contributed by atoms with E-state index in [1.807, 2.05) is 32.0 Å². The molecular formula is C23H24N4O5S. The third-order valence-electron chi connectivity index (χ3n) is 5.63. The average molecular weight is 469 g/mol. The number of anilines is 1. The van der Waals surface area contributed by atoms with Gasteiger partial charge in [0.25, 0.3) is 5.69 Å². The molecule has 172 valence electrons. The fourth-order valence-corrected chi connectivity index (χ4v) is 4.75. The summed E-state index contributed by atoms with van der Waals surface area (Å²) in [7, 11) is 1.37. The number of aliphatic imine (C=N–C) groups is 1. The predicted octanol–water partition coefficient (Wildman–Crippen LogP) is 4.34. The molecule has 1 aliphatic heterocycles. The summed E-state index contributed by atoms with van der Waals surface area (Å²) in [5.74, 6) is -0.313. The molecule has 2 aromatic rings. The van der Waals surface area contributed by atoms with Gasteiger partial charge in [-0.15, -0.1) is 0 Å². The van der Waals surface area contributed by atoms with Crippen LogP contribution in [0.5, 0.6) is 5.75 Å². The fourth-order valence-electron chi connectivity index (χ4n) is 3.53. The molecule has 4 rings (SSSR count). The maximum Gasteiger partial charge on any atom is 0.273 e. The van der Waals surface area contributed by atoms with Crippen LogP contribution in [0, 0.1) is 24.0 Å². The molecule has 1 heterocycles. The van der Waals surface area contributed by atoms with E-state index in [0.717, 1.165) is 24.1 Å². The van der Waals surface area contributed by atoms with E-state index in [1.165, 1.54) is 42.6 Å². The Hall–Kier alpha value is -3.40. The van der Waals surface area contributed by atoms with Gasteiger partial charge in [-0.05, 0) is 56.0 Å². The first-order valence-electron chi connectivity index (χ1n) is 10.5. The van der Waals surface area contributed by atoms with Gasteiger partial charge in [0.05, 0.1) is 29.5 Å². The Morgan fingerprint density at radius 1 is 1.24 bits per heavy atom. The van der Waals surface area contributed by atoms with Gasteiger partial charge in [-0.2, -0.15) is 0 Å². The van der Waals surface area contributed by atoms with Crippen molar-refractivity contribution in [3.05, 3.63) is 57.6 Å². The number of amidine groups is 1. The highest BCUT2D eigenvalue weighted by Gasteiger charge is 2.46. The van der Waals surface area contributed by atoms with Crippen LogP contribution in [0.4, 0.5) is 17.1 Å². The predicted molar refractivity (Wildman–Crippen MR) is 127 cm³/mol. The number of nitro groups is 1. The minimum atomic E-state index is -0.583. The van der Waals surface area contributed by atoms with Gasteiger partial charge in [0.15, 0.2) is 5.17 Å². The van der Waals surface area contributed by atoms with Crippen LogP contribution in [0.2, 0.25) is 0 Å². The molecule has 10 heteroatoms. The lowest BCUT2D eigenvalue weighted by atomic mass is 10.1. The summed E-state index contributed by atoms with van der Waals surface area (Å²) in [5.41, 5.74) is 3.24. The van der Waals surface area contributed by atoms with Crippen LogP contribution in [0.25, 0.3) is 0 Å². The van der Waals surface area contributed by atoms with Crippen LogP contribution in [-0.4, -0.2) is 45.2 Å². The number of nitrogens with zero attached hydrogens (tertiary/aromatic N) is 3. The van der Waals surface area contributed by atoms with Crippen molar-refractivity contribution in [1.82, 2.24) is 4.90 Å². The molecule has 33 heavy (non-hydrogen) atoms. The van der Waals surface area contributed by atoms with E-state index in [9.17, 15) is 19.7 Å². The molecule has 1 aliphatic carbocycles. The SMILES string of the molecule is COc1cc([N+](=O)[O-])ccc1NC(=O)CC1SC(=Nc2ccc(C)c(C)c2)N(C2CC2)C1=O. The topological polar surface area (TPSA) is 114 Å². The first-order chi connectivity index (χ1) is 15.8. The maximum atomic E-state index is 13.1. The van der Waals surface area contributed by atoms with E-state index < -0.39 is 10.2 Å². The number of amides is 2. The minimum Gasteiger partial charge on any atom is -0.494 e. The molecule has 0 spiro atoms. The van der Waals surface area contributed by atoms with Gasteiger partial charge in [0.2, 0.25) is 11.8 Å². The van der Waals surface area contributed by atoms with Crippen LogP contribution in [0.3, 0.4) is 0 Å². The zero-order chi connectivity index (χ0) is 23.7. The highest BCUT2D eigenvalue weighted by molar-refractivity contribution is 8.15. The lowest BCUT2D eigenvalue weighted by molar-refractivity contribution is -0.384. The Morgan fingerprint density at radius 2 is 2.00 bits per heavy atom. The second-order valence-corrected chi connectivity index (χ2v) is 9.27. The van der Waals surface area contributed by atoms with E-state index in [1.54, 1.807) is 4.90 Å². The Balaban J connectivity index is 1.49. The van der Waals surface area contributed by atoms with E-state index >= 15 is 0 Å². The maximum absolute atomic E-state index is 13.1. The second-order valence-electron chi connectivity index (χ2n) is 8.10. The monoisotopic (exact) mass is 468 g/mol. The zero-order valence-corrected chi connectivity index (χ0v) is 19.3. The van der Waals surface area contributed by atoms with Gasteiger partial charge in [-0.3, -0.25) is 24.6 Å². The molecule has 1 unspecified atom stereocenters. The van der Waals surface area contributed by atoms with Crippen LogP contribution in [-0.2, 0) is 9.59 Å². The number of nitrogens with one attached hydrogen (secondary N) is 1. The van der Waals surface area contributed by atoms with Crippen molar-refractivity contribution < 1.29 is 19.2 Å². The van der Waals surface area contributed by atoms with Crippen molar-refractivity contribution in [3.63, 3.8) is 0 Å². The van der Waals surface area contributed by atoms with Crippen LogP contribution in [0.15, 0.2) is 41.4 Å². The Bertz CT molecular complexity index is 1160. The molecular weight excluding hydrogens is 444 g/mol. The molecule has 1 saturated carbocycles. The third kappa shape index (κ3) is 5.00. The average Bonchev–Trinajstić information content (AvgIpc) is 3.56. The smallest absolute Gasteiger partial charge is 0.273 e. The quantitative estimate of drug-likeness (QED) is 0.477. The number of aryl methyl sites for hydroxylation is 2. The summed E-state index contributed by atoms with van der Waals surface area (Å²) >= 11 is 1.30. The number of benzene rings is 2. The summed E-state index contributed by atoms with van der Waals surface area (Å²) in [6.45, 7) is 4.05. The van der Waals surface area contributed by atoms with Crippen LogP contribution in [0.1, 0.15) is 30.4 Å². The highest BCUT2D eigenvalue weighted by atomic mass is 32.2. The number of methoxy groups -OCH3 is 1. The number of thioether (sulfide) groups is 1. The van der Waals surface area contributed by atoms with Gasteiger partial charge >= 0.3 is 0 Å². The first kappa shape index (κ1) is 22.8. The Labute approximate surface area is 195 Å². The van der Waals surface area contributed by atoms with Gasteiger partial charge in [-0.1, -0.05) is 17.8 Å². The normalized spacial score (nSPS) is 19.1. The third-order valence-corrected chi connectivity index (χ3v) is 6.79. The van der Waals surface area contributed by atoms with Crippen molar-refractivity contribution in [2.75, 3.05) is 12.4 Å². The molecule has 0 radical (unpaired) electrons. The fraction of sp³-hybridized carbons (Fsp3) is 0.348. The van der Waals surface area contributed by atoms with Crippen LogP contribution >= 0.6 is 11.8 Å². The highest BCUT2D eigenvalue weighted by Crippen LogP contribution is 2.40. The molecule has 2 amide bonds. The lowest BCUT2D eigenvalue weighted by Gasteiger charge is -2.15. The summed E-state index contributed by atoms with van der Waals surface area (Å²) < 4.78 is 5.17. The van der Waals surface area contributed by atoms with E-state index in [-0.39, 0.29) is 35.7 Å². The van der Waals surface area contributed by atoms with E-state index in [2.05, 4.69) is 5.32 Å². The number of nitro benzene ring substituents is 1. The number of hydrogen-bond acceptors (Lipinski definition) is 7. The van der Waals surface area contributed by atoms with Gasteiger partial charge < -0.3 is 10.1 Å². The summed E-state index contributed by atoms with van der Waals surface area (Å²) in [5, 5.41) is 13.7. The van der Waals surface area contributed by atoms with Gasteiger partial charge in [-0.25, -0.2) is 4.99 Å². The van der Waals surface area contributed by atoms with Crippen molar-refractivity contribution in [1.29, 1.82) is 0 Å². The lowest BCUT2D eigenvalue weighted by Crippen LogP contribution is -2.35. The second kappa shape index (κ2) is 9.22. The minimum absolute atomic E-state index is 0.0428. The first-order valence-corrected chi connectivity index (χ1v) is 11.4. The number of ether oxygens (including phenoxy) is 1. The molecule has 0 bridgehead atoms. The zero-order valence-electron chi connectivity index (χ0n) is 18.5. The molecule has 1 atom stereocenters. The summed E-state index contributed by atoms with van der Waals surface area (Å²) in [4.78, 5) is 42.7. The Morgan fingerprint density at radius 3 is 2.64 bits per heavy atom. The molecule has 2 aliphatic rings. The van der Waals surface area contributed by atoms with Crippen molar-refractivity contribution in [2.45, 2.75) is 44.4 Å². The number of carbonyl (C=O) groups excluding carboxylic acids is 2. The number of carbonyl (C=O) groups is 2. The molecule has 2 aromatic carbocycles. The van der Waals surface area contributed by atoms with Gasteiger partial charge in [0, 0.05) is 18.5 Å². The number of non-ortho nitro benzene ring substituents is 1. The van der Waals surface area contributed by atoms with E-state index in [0.29, 0.717) is 10.9 Å². The molecule has 2 fully saturated rings. The molecule has 9 nitrogen and oxygen atoms in total. The standard InChI is InChI=1S/C23H24N4O5S/c1-13-4-5-15(10-14(13)2)24-23-26(16-6-7-16)22(29)20(33-23)12-21(28)25-18-9-8-17(27(30)31)11-19(18)32-3/h4-5,8-11,16,20H,6-7,12H2,1-3H3,(H,25,28). The van der Waals surface area contributed by atoms with Crippen molar-refractivity contribution >= 4 is 45.8 Å². The molecule has 1 N–H and O–H groups in total. The summed E-state index contributed by atoms with van der Waals surface area (Å²) in [6, 6.07) is 10.00. The number of rotatable bonds is 7. The van der Waals surface area contributed by atoms with Crippen LogP contribution < -0.4 is 10.1 Å². The largest absolute Gasteiger partial charge is 0.494 e. The van der Waals surface area contributed by atoms with Gasteiger partial charge in [0.1, 0.15) is 11.0 Å². The molecule has 0 aromatic heterocycles. The van der Waals surface area contributed by atoms with Crippen molar-refractivity contribution in [3.8, 4) is 5.75 Å². The molecule has 1 saturated heterocycles.